The Morgan fingerprint density at radius 1 is 0.724 bits per heavy atom. The minimum absolute atomic E-state index is 0.000886. The molecule has 2 amide bonds. The predicted molar refractivity (Wildman–Crippen MR) is 109 cm³/mol. The summed E-state index contributed by atoms with van der Waals surface area (Å²) in [5.74, 6) is -1.91. The summed E-state index contributed by atoms with van der Waals surface area (Å²) in [4.78, 5) is 50.1. The molecule has 1 heterocycles. The Labute approximate surface area is 174 Å². The molecule has 0 aromatic rings. The van der Waals surface area contributed by atoms with Crippen LogP contribution >= 0.6 is 0 Å². The first kappa shape index (κ1) is 25.1. The van der Waals surface area contributed by atoms with Gasteiger partial charge in [0.2, 0.25) is 0 Å². The number of hydrogen-bond acceptors (Lipinski definition) is 6. The van der Waals surface area contributed by atoms with Gasteiger partial charge in [0.15, 0.2) is 0 Å². The summed E-state index contributed by atoms with van der Waals surface area (Å²) >= 11 is 0. The summed E-state index contributed by atoms with van der Waals surface area (Å²) in [5.41, 5.74) is 0. The lowest BCUT2D eigenvalue weighted by Crippen LogP contribution is -2.33. The number of hydrogen-bond donors (Lipinski definition) is 0. The minimum atomic E-state index is -1.33. The first-order valence-electron chi connectivity index (χ1n) is 11.3. The van der Waals surface area contributed by atoms with Crippen molar-refractivity contribution in [2.45, 2.75) is 116 Å². The molecule has 1 aliphatic rings. The van der Waals surface area contributed by atoms with Crippen molar-refractivity contribution < 1.29 is 28.8 Å². The van der Waals surface area contributed by atoms with Crippen LogP contribution in [0, 0.1) is 0 Å². The van der Waals surface area contributed by atoms with E-state index in [0.717, 1.165) is 19.3 Å². The van der Waals surface area contributed by atoms with Crippen molar-refractivity contribution in [2.24, 2.45) is 0 Å². The Morgan fingerprint density at radius 3 is 1.59 bits per heavy atom. The summed E-state index contributed by atoms with van der Waals surface area (Å²) in [6.07, 6.45) is 15.9. The highest BCUT2D eigenvalue weighted by Gasteiger charge is 2.33. The SMILES string of the molecule is CCCCCCCCCCCCCCCCC(=O)OC(=O)ON1C(=O)CCC1=O. The molecule has 1 saturated heterocycles. The van der Waals surface area contributed by atoms with E-state index in [1.54, 1.807) is 0 Å². The molecule has 0 aromatic carbocycles. The molecule has 0 N–H and O–H groups in total. The number of esters is 1. The van der Waals surface area contributed by atoms with Crippen LogP contribution in [0.1, 0.15) is 116 Å². The quantitative estimate of drug-likeness (QED) is 0.142. The zero-order valence-corrected chi connectivity index (χ0v) is 17.9. The zero-order chi connectivity index (χ0) is 21.3. The zero-order valence-electron chi connectivity index (χ0n) is 17.9. The van der Waals surface area contributed by atoms with E-state index in [1.165, 1.54) is 64.2 Å². The molecular formula is C22H37NO6. The van der Waals surface area contributed by atoms with Crippen LogP contribution in [0.2, 0.25) is 0 Å². The van der Waals surface area contributed by atoms with Crippen LogP contribution in [0.5, 0.6) is 0 Å². The van der Waals surface area contributed by atoms with Gasteiger partial charge in [0.05, 0.1) is 0 Å². The molecule has 1 aliphatic heterocycles. The average molecular weight is 412 g/mol. The summed E-state index contributed by atoms with van der Waals surface area (Å²) < 4.78 is 4.48. The van der Waals surface area contributed by atoms with Gasteiger partial charge >= 0.3 is 12.1 Å². The summed E-state index contributed by atoms with van der Waals surface area (Å²) in [6.45, 7) is 2.24. The molecule has 7 nitrogen and oxygen atoms in total. The second kappa shape index (κ2) is 15.9. The van der Waals surface area contributed by atoms with Gasteiger partial charge in [-0.1, -0.05) is 95.5 Å². The molecule has 1 rings (SSSR count). The van der Waals surface area contributed by atoms with Crippen molar-refractivity contribution in [3.05, 3.63) is 0 Å². The van der Waals surface area contributed by atoms with E-state index < -0.39 is 23.9 Å². The van der Waals surface area contributed by atoms with E-state index in [0.29, 0.717) is 11.5 Å². The third kappa shape index (κ3) is 12.3. The Hall–Kier alpha value is -1.92. The topological polar surface area (TPSA) is 90.0 Å². The molecule has 0 atom stereocenters. The Kier molecular flexibility index (Phi) is 13.8. The van der Waals surface area contributed by atoms with Crippen LogP contribution in [0.4, 0.5) is 4.79 Å². The average Bonchev–Trinajstić information content (AvgIpc) is 3.00. The fraction of sp³-hybridized carbons (Fsp3) is 0.818. The van der Waals surface area contributed by atoms with Crippen LogP contribution in [-0.2, 0) is 24.0 Å². The molecule has 0 aliphatic carbocycles. The van der Waals surface area contributed by atoms with Gasteiger partial charge in [-0.2, -0.15) is 0 Å². The van der Waals surface area contributed by atoms with Gasteiger partial charge in [0.25, 0.3) is 11.8 Å². The second-order valence-electron chi connectivity index (χ2n) is 7.74. The first-order chi connectivity index (χ1) is 14.0. The molecule has 0 bridgehead atoms. The van der Waals surface area contributed by atoms with Gasteiger partial charge < -0.3 is 4.74 Å². The highest BCUT2D eigenvalue weighted by atomic mass is 16.8. The smallest absolute Gasteiger partial charge is 0.359 e. The number of hydroxylamine groups is 2. The van der Waals surface area contributed by atoms with Gasteiger partial charge in [-0.15, -0.1) is 0 Å². The van der Waals surface area contributed by atoms with Crippen LogP contribution in [0.15, 0.2) is 0 Å². The number of ether oxygens (including phenoxy) is 1. The maximum atomic E-state index is 11.6. The van der Waals surface area contributed by atoms with Crippen LogP contribution in [0.3, 0.4) is 0 Å². The lowest BCUT2D eigenvalue weighted by atomic mass is 10.0. The normalized spacial score (nSPS) is 13.8. The molecule has 0 aromatic heterocycles. The fourth-order valence-electron chi connectivity index (χ4n) is 3.36. The third-order valence-corrected chi connectivity index (χ3v) is 5.10. The Balaban J connectivity index is 1.88. The second-order valence-corrected chi connectivity index (χ2v) is 7.74. The van der Waals surface area contributed by atoms with Gasteiger partial charge in [0, 0.05) is 19.3 Å². The van der Waals surface area contributed by atoms with Crippen molar-refractivity contribution in [3.63, 3.8) is 0 Å². The van der Waals surface area contributed by atoms with Crippen molar-refractivity contribution >= 4 is 23.9 Å². The molecule has 0 radical (unpaired) electrons. The number of carbonyl (C=O) groups excluding carboxylic acids is 4. The molecule has 29 heavy (non-hydrogen) atoms. The number of carbonyl (C=O) groups is 4. The first-order valence-corrected chi connectivity index (χ1v) is 11.3. The number of amides is 2. The number of unbranched alkanes of at least 4 members (excludes halogenated alkanes) is 13. The van der Waals surface area contributed by atoms with Crippen molar-refractivity contribution in [2.75, 3.05) is 0 Å². The van der Waals surface area contributed by atoms with Crippen LogP contribution in [-0.4, -0.2) is 29.0 Å². The lowest BCUT2D eigenvalue weighted by molar-refractivity contribution is -0.179. The molecule has 1 fully saturated rings. The van der Waals surface area contributed by atoms with E-state index in [4.69, 9.17) is 0 Å². The lowest BCUT2D eigenvalue weighted by Gasteiger charge is -2.11. The number of nitrogens with zero attached hydrogens (tertiary/aromatic N) is 1. The largest absolute Gasteiger partial charge is 0.541 e. The summed E-state index contributed by atoms with van der Waals surface area (Å²) in [6, 6.07) is 0. The monoisotopic (exact) mass is 411 g/mol. The number of rotatable bonds is 16. The minimum Gasteiger partial charge on any atom is -0.359 e. The molecule has 0 saturated carbocycles. The molecule has 0 unspecified atom stereocenters. The van der Waals surface area contributed by atoms with E-state index in [-0.39, 0.29) is 19.3 Å². The van der Waals surface area contributed by atoms with Crippen molar-refractivity contribution in [3.8, 4) is 0 Å². The summed E-state index contributed by atoms with van der Waals surface area (Å²) in [7, 11) is 0. The van der Waals surface area contributed by atoms with Crippen molar-refractivity contribution in [1.29, 1.82) is 0 Å². The molecule has 166 valence electrons. The molecular weight excluding hydrogens is 374 g/mol. The van der Waals surface area contributed by atoms with Gasteiger partial charge in [0.1, 0.15) is 0 Å². The molecule has 7 heteroatoms. The van der Waals surface area contributed by atoms with Gasteiger partial charge in [-0.05, 0) is 6.42 Å². The Bertz CT molecular complexity index is 503. The van der Waals surface area contributed by atoms with E-state index >= 15 is 0 Å². The number of imide groups is 1. The third-order valence-electron chi connectivity index (χ3n) is 5.10. The molecule has 0 spiro atoms. The van der Waals surface area contributed by atoms with Crippen LogP contribution in [0.25, 0.3) is 0 Å². The standard InChI is InChI=1S/C22H37NO6/c1-2-3-4-5-6-7-8-9-10-11-12-13-14-15-16-21(26)28-22(27)29-23-19(24)17-18-20(23)25/h2-18H2,1H3. The predicted octanol–water partition coefficient (Wildman–Crippen LogP) is 5.60. The van der Waals surface area contributed by atoms with E-state index in [1.807, 2.05) is 0 Å². The van der Waals surface area contributed by atoms with Crippen molar-refractivity contribution in [1.82, 2.24) is 5.06 Å². The highest BCUT2D eigenvalue weighted by Crippen LogP contribution is 2.14. The highest BCUT2D eigenvalue weighted by molar-refractivity contribution is 6.01. The maximum absolute atomic E-state index is 11.6. The van der Waals surface area contributed by atoms with Crippen LogP contribution < -0.4 is 0 Å². The van der Waals surface area contributed by atoms with E-state index in [9.17, 15) is 19.2 Å². The van der Waals surface area contributed by atoms with Gasteiger partial charge in [-0.3, -0.25) is 19.2 Å². The van der Waals surface area contributed by atoms with E-state index in [2.05, 4.69) is 16.5 Å². The fourth-order valence-corrected chi connectivity index (χ4v) is 3.36. The Morgan fingerprint density at radius 2 is 1.14 bits per heavy atom. The maximum Gasteiger partial charge on any atom is 0.541 e. The van der Waals surface area contributed by atoms with Gasteiger partial charge in [-0.25, -0.2) is 4.79 Å². The summed E-state index contributed by atoms with van der Waals surface area (Å²) in [5, 5.41) is 0.363.